The number of aliphatic hydroxyl groups excluding tert-OH is 3. The first-order chi connectivity index (χ1) is 14.5. The molecule has 1 aromatic carbocycles. The number of hydrogen-bond acceptors (Lipinski definition) is 8. The highest BCUT2D eigenvalue weighted by atomic mass is 16.5. The minimum absolute atomic E-state index is 0.118. The summed E-state index contributed by atoms with van der Waals surface area (Å²) >= 11 is 0. The van der Waals surface area contributed by atoms with Gasteiger partial charge in [0, 0.05) is 0 Å². The third-order valence-electron chi connectivity index (χ3n) is 5.41. The first kappa shape index (κ1) is 20.9. The summed E-state index contributed by atoms with van der Waals surface area (Å²) < 4.78 is 13.0. The van der Waals surface area contributed by atoms with E-state index in [1.807, 2.05) is 30.3 Å². The summed E-state index contributed by atoms with van der Waals surface area (Å²) in [6.07, 6.45) is -3.85. The van der Waals surface area contributed by atoms with E-state index in [0.717, 1.165) is 5.56 Å². The van der Waals surface area contributed by atoms with Gasteiger partial charge in [0.25, 0.3) is 0 Å². The zero-order valence-electron chi connectivity index (χ0n) is 16.4. The van der Waals surface area contributed by atoms with E-state index in [4.69, 9.17) is 9.47 Å². The average Bonchev–Trinajstić information content (AvgIpc) is 3.17. The molecule has 0 radical (unpaired) electrons. The summed E-state index contributed by atoms with van der Waals surface area (Å²) in [5, 5.41) is 41.8. The van der Waals surface area contributed by atoms with Crippen LogP contribution in [0.3, 0.4) is 0 Å². The van der Waals surface area contributed by atoms with Crippen LogP contribution < -0.4 is 5.32 Å². The van der Waals surface area contributed by atoms with Crippen molar-refractivity contribution in [2.75, 3.05) is 6.61 Å². The molecule has 6 atom stereocenters. The topological polar surface area (TPSA) is 139 Å². The lowest BCUT2D eigenvalue weighted by molar-refractivity contribution is -0.226. The fourth-order valence-electron chi connectivity index (χ4n) is 3.85. The number of fused-ring (bicyclic) bond motifs is 4. The van der Waals surface area contributed by atoms with E-state index < -0.39 is 30.5 Å². The third kappa shape index (κ3) is 4.85. The van der Waals surface area contributed by atoms with Crippen LogP contribution in [-0.2, 0) is 33.8 Å². The highest BCUT2D eigenvalue weighted by Gasteiger charge is 2.44. The number of rotatable bonds is 2. The summed E-state index contributed by atoms with van der Waals surface area (Å²) in [4.78, 5) is 12.7. The van der Waals surface area contributed by atoms with Gasteiger partial charge in [0.1, 0.15) is 30.1 Å². The molecule has 0 aliphatic carbocycles. The van der Waals surface area contributed by atoms with Crippen LogP contribution in [0.1, 0.15) is 17.7 Å². The molecule has 4 rings (SSSR count). The Balaban J connectivity index is 1.55. The van der Waals surface area contributed by atoms with Crippen molar-refractivity contribution in [3.05, 3.63) is 47.8 Å². The Labute approximate surface area is 173 Å². The summed E-state index contributed by atoms with van der Waals surface area (Å²) in [5.41, 5.74) is 1.64. The minimum atomic E-state index is -1.43. The Morgan fingerprint density at radius 3 is 2.67 bits per heavy atom. The lowest BCUT2D eigenvalue weighted by Gasteiger charge is -2.40. The van der Waals surface area contributed by atoms with Gasteiger partial charge in [-0.25, -0.2) is 4.68 Å². The second-order valence-electron chi connectivity index (χ2n) is 7.79. The number of ether oxygens (including phenoxy) is 2. The third-order valence-corrected chi connectivity index (χ3v) is 5.41. The van der Waals surface area contributed by atoms with Crippen LogP contribution in [0.15, 0.2) is 36.5 Å². The van der Waals surface area contributed by atoms with Crippen molar-refractivity contribution in [1.82, 2.24) is 20.3 Å². The van der Waals surface area contributed by atoms with Crippen molar-refractivity contribution in [2.45, 2.75) is 62.6 Å². The van der Waals surface area contributed by atoms with Gasteiger partial charge in [-0.2, -0.15) is 0 Å². The number of nitrogens with one attached hydrogen (secondary N) is 1. The number of aliphatic hydroxyl groups is 3. The molecule has 162 valence electrons. The zero-order valence-corrected chi connectivity index (χ0v) is 16.4. The number of nitrogens with zero attached hydrogens (tertiary/aromatic N) is 3. The minimum Gasteiger partial charge on any atom is -0.388 e. The molecule has 1 aromatic heterocycles. The molecule has 1 fully saturated rings. The Kier molecular flexibility index (Phi) is 6.40. The number of amides is 1. The van der Waals surface area contributed by atoms with E-state index in [-0.39, 0.29) is 38.1 Å². The molecule has 10 nitrogen and oxygen atoms in total. The molecule has 4 N–H and O–H groups in total. The summed E-state index contributed by atoms with van der Waals surface area (Å²) in [5.74, 6) is -0.333. The number of hydrogen-bond donors (Lipinski definition) is 4. The zero-order chi connectivity index (χ0) is 21.1. The number of benzene rings is 1. The maximum Gasteiger partial charge on any atom is 0.223 e. The first-order valence-corrected chi connectivity index (χ1v) is 9.99. The Bertz CT molecular complexity index is 847. The molecular formula is C20H26N4O6. The first-order valence-electron chi connectivity index (χ1n) is 9.99. The predicted molar refractivity (Wildman–Crippen MR) is 103 cm³/mol. The Hall–Kier alpha value is -2.37. The van der Waals surface area contributed by atoms with Crippen molar-refractivity contribution in [3.8, 4) is 0 Å². The van der Waals surface area contributed by atoms with Gasteiger partial charge in [-0.15, -0.1) is 5.10 Å². The van der Waals surface area contributed by atoms with Crippen molar-refractivity contribution >= 4 is 5.91 Å². The smallest absolute Gasteiger partial charge is 0.223 e. The normalized spacial score (nSPS) is 32.8. The van der Waals surface area contributed by atoms with Gasteiger partial charge < -0.3 is 30.1 Å². The fourth-order valence-corrected chi connectivity index (χ4v) is 3.85. The van der Waals surface area contributed by atoms with Gasteiger partial charge in [0.15, 0.2) is 0 Å². The SMILES string of the molecule is O=C1C[C@H]2O[C@H](Cn3cc(nn3)COC[C@H](Cc3ccccc3)N1)[C@@H](O)[C@H](O)[C@H]2O. The fraction of sp³-hybridized carbons (Fsp3) is 0.550. The number of aromatic nitrogens is 3. The molecule has 1 saturated heterocycles. The standard InChI is InChI=1S/C20H26N4O6/c25-17-7-15-18(26)20(28)19(27)16(30-15)9-24-8-14(22-23-24)11-29-10-13(21-17)6-12-4-2-1-3-5-12/h1-5,8,13,15-16,18-20,26-28H,6-7,9-11H2,(H,21,25)/t13-,15+,16+,18-,19+,20+/m0/s1. The van der Waals surface area contributed by atoms with E-state index in [2.05, 4.69) is 15.6 Å². The summed E-state index contributed by atoms with van der Waals surface area (Å²) in [6.45, 7) is 0.609. The predicted octanol–water partition coefficient (Wildman–Crippen LogP) is -1.22. The second-order valence-corrected chi connectivity index (χ2v) is 7.79. The Morgan fingerprint density at radius 1 is 1.10 bits per heavy atom. The van der Waals surface area contributed by atoms with E-state index in [1.54, 1.807) is 6.20 Å². The van der Waals surface area contributed by atoms with Gasteiger partial charge in [-0.05, 0) is 12.0 Å². The molecule has 2 aliphatic heterocycles. The van der Waals surface area contributed by atoms with Crippen molar-refractivity contribution < 1.29 is 29.6 Å². The number of carbonyl (C=O) groups is 1. The maximum atomic E-state index is 12.7. The van der Waals surface area contributed by atoms with Crippen LogP contribution in [0, 0.1) is 0 Å². The number of carbonyl (C=O) groups excluding carboxylic acids is 1. The van der Waals surface area contributed by atoms with Crippen molar-refractivity contribution in [2.24, 2.45) is 0 Å². The summed E-state index contributed by atoms with van der Waals surface area (Å²) in [6, 6.07) is 9.42. The molecule has 10 heteroatoms. The van der Waals surface area contributed by atoms with Gasteiger partial charge in [0.05, 0.1) is 44.5 Å². The lowest BCUT2D eigenvalue weighted by Crippen LogP contribution is -2.59. The van der Waals surface area contributed by atoms with Gasteiger partial charge >= 0.3 is 0 Å². The largest absolute Gasteiger partial charge is 0.388 e. The molecule has 4 bridgehead atoms. The highest BCUT2D eigenvalue weighted by molar-refractivity contribution is 5.77. The molecule has 30 heavy (non-hydrogen) atoms. The van der Waals surface area contributed by atoms with E-state index in [9.17, 15) is 20.1 Å². The van der Waals surface area contributed by atoms with Gasteiger partial charge in [-0.3, -0.25) is 4.79 Å². The molecule has 2 aromatic rings. The van der Waals surface area contributed by atoms with Crippen LogP contribution in [0.25, 0.3) is 0 Å². The molecular weight excluding hydrogens is 392 g/mol. The average molecular weight is 418 g/mol. The second kappa shape index (κ2) is 9.19. The highest BCUT2D eigenvalue weighted by Crippen LogP contribution is 2.24. The monoisotopic (exact) mass is 418 g/mol. The molecule has 2 aliphatic rings. The maximum absolute atomic E-state index is 12.7. The molecule has 0 spiro atoms. The summed E-state index contributed by atoms with van der Waals surface area (Å²) in [7, 11) is 0. The van der Waals surface area contributed by atoms with Crippen LogP contribution >= 0.6 is 0 Å². The molecule has 0 saturated carbocycles. The van der Waals surface area contributed by atoms with Crippen LogP contribution in [0.5, 0.6) is 0 Å². The van der Waals surface area contributed by atoms with Crippen molar-refractivity contribution in [3.63, 3.8) is 0 Å². The molecule has 0 unspecified atom stereocenters. The van der Waals surface area contributed by atoms with E-state index in [0.29, 0.717) is 12.1 Å². The van der Waals surface area contributed by atoms with Gasteiger partial charge in [0.2, 0.25) is 5.91 Å². The molecule has 3 heterocycles. The van der Waals surface area contributed by atoms with Crippen molar-refractivity contribution in [1.29, 1.82) is 0 Å². The van der Waals surface area contributed by atoms with E-state index in [1.165, 1.54) is 4.68 Å². The van der Waals surface area contributed by atoms with Crippen LogP contribution in [0.4, 0.5) is 0 Å². The quantitative estimate of drug-likeness (QED) is 0.476. The van der Waals surface area contributed by atoms with Crippen LogP contribution in [0.2, 0.25) is 0 Å². The van der Waals surface area contributed by atoms with E-state index >= 15 is 0 Å². The van der Waals surface area contributed by atoms with Crippen LogP contribution in [-0.4, -0.2) is 79.4 Å². The Morgan fingerprint density at radius 2 is 1.87 bits per heavy atom. The van der Waals surface area contributed by atoms with Gasteiger partial charge in [-0.1, -0.05) is 35.5 Å². The lowest BCUT2D eigenvalue weighted by atomic mass is 9.93. The molecule has 1 amide bonds.